The molecular weight excluding hydrogens is 290 g/mol. The number of carbonyl (C=O) groups is 1. The Morgan fingerprint density at radius 3 is 2.95 bits per heavy atom. The summed E-state index contributed by atoms with van der Waals surface area (Å²) in [4.78, 5) is 21.1. The van der Waals surface area contributed by atoms with Crippen LogP contribution < -0.4 is 4.90 Å². The number of hydrogen-bond acceptors (Lipinski definition) is 6. The molecule has 0 spiro atoms. The summed E-state index contributed by atoms with van der Waals surface area (Å²) >= 11 is 1.67. The van der Waals surface area contributed by atoms with Crippen LogP contribution in [0.2, 0.25) is 0 Å². The van der Waals surface area contributed by atoms with Crippen LogP contribution in [0.3, 0.4) is 0 Å². The molecule has 2 fully saturated rings. The van der Waals surface area contributed by atoms with E-state index in [9.17, 15) is 4.79 Å². The van der Waals surface area contributed by atoms with Crippen molar-refractivity contribution in [2.24, 2.45) is 0 Å². The van der Waals surface area contributed by atoms with Crippen molar-refractivity contribution >= 4 is 22.4 Å². The van der Waals surface area contributed by atoms with Gasteiger partial charge in [-0.1, -0.05) is 0 Å². The third-order valence-corrected chi connectivity index (χ3v) is 4.80. The van der Waals surface area contributed by atoms with E-state index in [1.165, 1.54) is 0 Å². The smallest absolute Gasteiger partial charge is 0.254 e. The molecule has 7 heteroatoms. The van der Waals surface area contributed by atoms with Crippen molar-refractivity contribution in [1.82, 2.24) is 9.88 Å². The second kappa shape index (κ2) is 6.72. The Kier molecular flexibility index (Phi) is 4.72. The first kappa shape index (κ1) is 14.7. The van der Waals surface area contributed by atoms with Gasteiger partial charge in [0.2, 0.25) is 0 Å². The van der Waals surface area contributed by atoms with Crippen molar-refractivity contribution in [2.45, 2.75) is 19.4 Å². The second-order valence-corrected chi connectivity index (χ2v) is 6.21. The number of nitrogens with zero attached hydrogens (tertiary/aromatic N) is 3. The van der Waals surface area contributed by atoms with E-state index >= 15 is 0 Å². The van der Waals surface area contributed by atoms with E-state index in [2.05, 4.69) is 15.3 Å². The molecule has 6 nitrogen and oxygen atoms in total. The minimum Gasteiger partial charge on any atom is -0.376 e. The SMILES string of the molecule is Cc1csc(N2CCCN(C(=O)C3COCCO3)CC2)n1. The lowest BCUT2D eigenvalue weighted by Gasteiger charge is -2.28. The van der Waals surface area contributed by atoms with Gasteiger partial charge in [0.15, 0.2) is 11.2 Å². The number of carbonyl (C=O) groups excluding carboxylic acids is 1. The number of rotatable bonds is 2. The normalized spacial score (nSPS) is 24.0. The molecule has 2 saturated heterocycles. The molecule has 2 aliphatic rings. The highest BCUT2D eigenvalue weighted by atomic mass is 32.1. The molecule has 0 aliphatic carbocycles. The summed E-state index contributed by atoms with van der Waals surface area (Å²) in [5.41, 5.74) is 1.06. The molecule has 0 saturated carbocycles. The van der Waals surface area contributed by atoms with Gasteiger partial charge in [0, 0.05) is 31.6 Å². The van der Waals surface area contributed by atoms with E-state index in [0.29, 0.717) is 19.8 Å². The fourth-order valence-corrected chi connectivity index (χ4v) is 3.51. The Hall–Kier alpha value is -1.18. The molecule has 0 bridgehead atoms. The molecule has 0 N–H and O–H groups in total. The number of aromatic nitrogens is 1. The summed E-state index contributed by atoms with van der Waals surface area (Å²) in [7, 11) is 0. The number of thiazole rings is 1. The zero-order valence-electron chi connectivity index (χ0n) is 12.3. The summed E-state index contributed by atoms with van der Waals surface area (Å²) < 4.78 is 10.8. The standard InChI is InChI=1S/C14H21N3O3S/c1-11-10-21-14(15-11)17-4-2-3-16(5-6-17)13(18)12-9-19-7-8-20-12/h10,12H,2-9H2,1H3. The highest BCUT2D eigenvalue weighted by Crippen LogP contribution is 2.21. The summed E-state index contributed by atoms with van der Waals surface area (Å²) in [5, 5.41) is 3.12. The molecule has 1 amide bonds. The zero-order valence-corrected chi connectivity index (χ0v) is 13.1. The van der Waals surface area contributed by atoms with E-state index in [4.69, 9.17) is 9.47 Å². The average Bonchev–Trinajstić information content (AvgIpc) is 2.81. The van der Waals surface area contributed by atoms with E-state index in [0.717, 1.165) is 43.4 Å². The lowest BCUT2D eigenvalue weighted by Crippen LogP contribution is -2.46. The molecular formula is C14H21N3O3S. The predicted molar refractivity (Wildman–Crippen MR) is 80.8 cm³/mol. The van der Waals surface area contributed by atoms with Crippen LogP contribution in [-0.4, -0.2) is 67.9 Å². The van der Waals surface area contributed by atoms with Crippen LogP contribution in [0.1, 0.15) is 12.1 Å². The fraction of sp³-hybridized carbons (Fsp3) is 0.714. The van der Waals surface area contributed by atoms with Gasteiger partial charge in [0.25, 0.3) is 5.91 Å². The first-order valence-corrected chi connectivity index (χ1v) is 8.27. The Morgan fingerprint density at radius 1 is 1.33 bits per heavy atom. The van der Waals surface area contributed by atoms with Crippen LogP contribution in [0.15, 0.2) is 5.38 Å². The summed E-state index contributed by atoms with van der Waals surface area (Å²) in [6, 6.07) is 0. The number of hydrogen-bond donors (Lipinski definition) is 0. The Labute approximate surface area is 128 Å². The molecule has 2 aliphatic heterocycles. The van der Waals surface area contributed by atoms with Crippen molar-refractivity contribution < 1.29 is 14.3 Å². The van der Waals surface area contributed by atoms with Crippen molar-refractivity contribution in [2.75, 3.05) is 50.9 Å². The quantitative estimate of drug-likeness (QED) is 0.812. The summed E-state index contributed by atoms with van der Waals surface area (Å²) in [5.74, 6) is 0.0619. The Morgan fingerprint density at radius 2 is 2.24 bits per heavy atom. The lowest BCUT2D eigenvalue weighted by atomic mass is 10.3. The summed E-state index contributed by atoms with van der Waals surface area (Å²) in [6.07, 6.45) is 0.533. The minimum absolute atomic E-state index is 0.0619. The topological polar surface area (TPSA) is 54.9 Å². The number of anilines is 1. The van der Waals surface area contributed by atoms with Crippen LogP contribution in [0, 0.1) is 6.92 Å². The van der Waals surface area contributed by atoms with E-state index < -0.39 is 6.10 Å². The Bertz CT molecular complexity index is 488. The molecule has 3 heterocycles. The maximum Gasteiger partial charge on any atom is 0.254 e. The first-order valence-electron chi connectivity index (χ1n) is 7.39. The van der Waals surface area contributed by atoms with Crippen LogP contribution in [0.5, 0.6) is 0 Å². The van der Waals surface area contributed by atoms with Gasteiger partial charge in [-0.05, 0) is 13.3 Å². The minimum atomic E-state index is -0.424. The largest absolute Gasteiger partial charge is 0.376 e. The third-order valence-electron chi connectivity index (χ3n) is 3.78. The number of ether oxygens (including phenoxy) is 2. The number of amides is 1. The molecule has 1 aromatic heterocycles. The lowest BCUT2D eigenvalue weighted by molar-refractivity contribution is -0.157. The van der Waals surface area contributed by atoms with Gasteiger partial charge in [0.1, 0.15) is 0 Å². The second-order valence-electron chi connectivity index (χ2n) is 5.37. The maximum absolute atomic E-state index is 12.4. The number of aryl methyl sites for hydroxylation is 1. The van der Waals surface area contributed by atoms with E-state index in [1.807, 2.05) is 11.8 Å². The Balaban J connectivity index is 1.58. The van der Waals surface area contributed by atoms with Crippen LogP contribution in [0.4, 0.5) is 5.13 Å². The predicted octanol–water partition coefficient (Wildman–Crippen LogP) is 0.906. The molecule has 0 radical (unpaired) electrons. The molecule has 3 rings (SSSR count). The fourth-order valence-electron chi connectivity index (χ4n) is 2.65. The average molecular weight is 311 g/mol. The van der Waals surface area contributed by atoms with Crippen molar-refractivity contribution in [3.8, 4) is 0 Å². The highest BCUT2D eigenvalue weighted by molar-refractivity contribution is 7.13. The summed E-state index contributed by atoms with van der Waals surface area (Å²) in [6.45, 7) is 6.75. The van der Waals surface area contributed by atoms with Gasteiger partial charge >= 0.3 is 0 Å². The van der Waals surface area contributed by atoms with Crippen LogP contribution >= 0.6 is 11.3 Å². The van der Waals surface area contributed by atoms with Crippen molar-refractivity contribution in [1.29, 1.82) is 0 Å². The van der Waals surface area contributed by atoms with Crippen molar-refractivity contribution in [3.05, 3.63) is 11.1 Å². The molecule has 21 heavy (non-hydrogen) atoms. The monoisotopic (exact) mass is 311 g/mol. The first-order chi connectivity index (χ1) is 10.2. The van der Waals surface area contributed by atoms with Crippen LogP contribution in [0.25, 0.3) is 0 Å². The molecule has 0 aromatic carbocycles. The van der Waals surface area contributed by atoms with Crippen molar-refractivity contribution in [3.63, 3.8) is 0 Å². The van der Waals surface area contributed by atoms with Gasteiger partial charge in [-0.3, -0.25) is 4.79 Å². The molecule has 1 unspecified atom stereocenters. The van der Waals surface area contributed by atoms with Gasteiger partial charge in [-0.25, -0.2) is 4.98 Å². The molecule has 1 aromatic rings. The van der Waals surface area contributed by atoms with Gasteiger partial charge in [0.05, 0.1) is 25.5 Å². The van der Waals surface area contributed by atoms with Gasteiger partial charge in [-0.2, -0.15) is 0 Å². The van der Waals surface area contributed by atoms with Gasteiger partial charge in [-0.15, -0.1) is 11.3 Å². The molecule has 116 valence electrons. The molecule has 1 atom stereocenters. The van der Waals surface area contributed by atoms with E-state index in [1.54, 1.807) is 11.3 Å². The maximum atomic E-state index is 12.4. The van der Waals surface area contributed by atoms with E-state index in [-0.39, 0.29) is 5.91 Å². The zero-order chi connectivity index (χ0) is 14.7. The van der Waals surface area contributed by atoms with Crippen LogP contribution in [-0.2, 0) is 14.3 Å². The van der Waals surface area contributed by atoms with Gasteiger partial charge < -0.3 is 19.3 Å². The highest BCUT2D eigenvalue weighted by Gasteiger charge is 2.29. The third kappa shape index (κ3) is 3.53.